The molecule has 2 saturated heterocycles. The van der Waals surface area contributed by atoms with Gasteiger partial charge in [0.1, 0.15) is 5.54 Å². The van der Waals surface area contributed by atoms with Crippen molar-refractivity contribution in [2.75, 3.05) is 39.8 Å². The maximum atomic E-state index is 12.8. The van der Waals surface area contributed by atoms with Crippen LogP contribution < -0.4 is 0 Å². The zero-order valence-corrected chi connectivity index (χ0v) is 13.1. The molecule has 0 radical (unpaired) electrons. The molecular formula is C16H19N5O2. The van der Waals surface area contributed by atoms with E-state index in [2.05, 4.69) is 11.1 Å². The molecule has 0 bridgehead atoms. The number of pyridine rings is 1. The van der Waals surface area contributed by atoms with Gasteiger partial charge >= 0.3 is 0 Å². The number of likely N-dealkylation sites (N-methyl/N-ethyl adjacent to an activating group) is 1. The van der Waals surface area contributed by atoms with E-state index in [0.29, 0.717) is 38.2 Å². The zero-order chi connectivity index (χ0) is 16.4. The Hall–Kier alpha value is -2.46. The number of likely N-dealkylation sites (tertiary alicyclic amines) is 1. The Labute approximate surface area is 135 Å². The summed E-state index contributed by atoms with van der Waals surface area (Å²) in [6.07, 6.45) is 3.73. The van der Waals surface area contributed by atoms with Gasteiger partial charge in [-0.25, -0.2) is 0 Å². The molecule has 0 saturated carbocycles. The summed E-state index contributed by atoms with van der Waals surface area (Å²) in [4.78, 5) is 34.6. The molecule has 0 aromatic carbocycles. The van der Waals surface area contributed by atoms with Crippen molar-refractivity contribution < 1.29 is 9.59 Å². The molecule has 1 spiro atoms. The Morgan fingerprint density at radius 3 is 2.78 bits per heavy atom. The number of rotatable bonds is 2. The van der Waals surface area contributed by atoms with Crippen molar-refractivity contribution in [1.82, 2.24) is 19.7 Å². The summed E-state index contributed by atoms with van der Waals surface area (Å²) in [6, 6.07) is 5.49. The van der Waals surface area contributed by atoms with Crippen LogP contribution in [0.2, 0.25) is 0 Å². The lowest BCUT2D eigenvalue weighted by Gasteiger charge is -2.45. The van der Waals surface area contributed by atoms with E-state index >= 15 is 0 Å². The van der Waals surface area contributed by atoms with E-state index < -0.39 is 5.54 Å². The minimum atomic E-state index is -0.759. The second-order valence-electron chi connectivity index (χ2n) is 6.05. The molecule has 7 heteroatoms. The van der Waals surface area contributed by atoms with Crippen molar-refractivity contribution in [3.63, 3.8) is 0 Å². The molecule has 2 aliphatic rings. The van der Waals surface area contributed by atoms with E-state index in [1.165, 1.54) is 0 Å². The number of piperazine rings is 1. The minimum absolute atomic E-state index is 0.00373. The van der Waals surface area contributed by atoms with Crippen molar-refractivity contribution in [2.45, 2.75) is 12.0 Å². The van der Waals surface area contributed by atoms with E-state index in [1.807, 2.05) is 4.90 Å². The normalized spacial score (nSPS) is 25.0. The molecule has 3 rings (SSSR count). The van der Waals surface area contributed by atoms with E-state index in [0.717, 1.165) is 0 Å². The summed E-state index contributed by atoms with van der Waals surface area (Å²) in [7, 11) is 1.78. The SMILES string of the molecule is CN1CCN(CC#N)C2(CCN(C(=O)c3ccncc3)C2)C1=O. The second-order valence-corrected chi connectivity index (χ2v) is 6.05. The zero-order valence-electron chi connectivity index (χ0n) is 13.1. The van der Waals surface area contributed by atoms with Crippen LogP contribution in [0.3, 0.4) is 0 Å². The monoisotopic (exact) mass is 313 g/mol. The number of carbonyl (C=O) groups excluding carboxylic acids is 2. The van der Waals surface area contributed by atoms with Crippen LogP contribution >= 0.6 is 0 Å². The van der Waals surface area contributed by atoms with Crippen LogP contribution in [0.15, 0.2) is 24.5 Å². The Morgan fingerprint density at radius 2 is 2.09 bits per heavy atom. The van der Waals surface area contributed by atoms with Gasteiger partial charge in [0.15, 0.2) is 0 Å². The van der Waals surface area contributed by atoms with Crippen LogP contribution in [0.4, 0.5) is 0 Å². The number of carbonyl (C=O) groups is 2. The molecule has 2 amide bonds. The quantitative estimate of drug-likeness (QED) is 0.716. The first-order chi connectivity index (χ1) is 11.1. The molecule has 1 aromatic heterocycles. The Kier molecular flexibility index (Phi) is 4.01. The molecule has 2 fully saturated rings. The molecule has 0 N–H and O–H groups in total. The summed E-state index contributed by atoms with van der Waals surface area (Å²) >= 11 is 0. The lowest BCUT2D eigenvalue weighted by atomic mass is 9.91. The molecule has 1 unspecified atom stereocenters. The average molecular weight is 313 g/mol. The van der Waals surface area contributed by atoms with Gasteiger partial charge in [-0.15, -0.1) is 0 Å². The van der Waals surface area contributed by atoms with Crippen LogP contribution in [0.5, 0.6) is 0 Å². The number of aromatic nitrogens is 1. The molecule has 1 aromatic rings. The largest absolute Gasteiger partial charge is 0.343 e. The number of nitrogens with zero attached hydrogens (tertiary/aromatic N) is 5. The first kappa shape index (κ1) is 15.4. The van der Waals surface area contributed by atoms with Crippen molar-refractivity contribution in [1.29, 1.82) is 5.26 Å². The summed E-state index contributed by atoms with van der Waals surface area (Å²) < 4.78 is 0. The molecule has 1 atom stereocenters. The standard InChI is InChI=1S/C16H19N5O2/c1-19-10-11-21(9-5-17)16(15(19)23)4-8-20(12-16)14(22)13-2-6-18-7-3-13/h2-3,6-7H,4,8-12H2,1H3. The Balaban J connectivity index is 1.84. The van der Waals surface area contributed by atoms with Crippen molar-refractivity contribution >= 4 is 11.8 Å². The van der Waals surface area contributed by atoms with Gasteiger partial charge in [-0.1, -0.05) is 0 Å². The van der Waals surface area contributed by atoms with Crippen LogP contribution in [-0.4, -0.2) is 76.8 Å². The first-order valence-corrected chi connectivity index (χ1v) is 7.65. The van der Waals surface area contributed by atoms with Gasteiger partial charge in [-0.05, 0) is 18.6 Å². The van der Waals surface area contributed by atoms with Gasteiger partial charge in [-0.2, -0.15) is 5.26 Å². The third-order valence-corrected chi connectivity index (χ3v) is 4.78. The average Bonchev–Trinajstić information content (AvgIpc) is 3.02. The molecular weight excluding hydrogens is 294 g/mol. The summed E-state index contributed by atoms with van der Waals surface area (Å²) in [6.45, 7) is 2.33. The molecule has 120 valence electrons. The van der Waals surface area contributed by atoms with Gasteiger partial charge < -0.3 is 9.80 Å². The van der Waals surface area contributed by atoms with E-state index in [-0.39, 0.29) is 18.4 Å². The van der Waals surface area contributed by atoms with E-state index in [4.69, 9.17) is 5.26 Å². The number of amides is 2. The van der Waals surface area contributed by atoms with Gasteiger partial charge in [0.25, 0.3) is 5.91 Å². The van der Waals surface area contributed by atoms with Gasteiger partial charge in [-0.3, -0.25) is 19.5 Å². The lowest BCUT2D eigenvalue weighted by molar-refractivity contribution is -0.148. The number of hydrogen-bond acceptors (Lipinski definition) is 5. The maximum Gasteiger partial charge on any atom is 0.254 e. The smallest absolute Gasteiger partial charge is 0.254 e. The molecule has 0 aliphatic carbocycles. The lowest BCUT2D eigenvalue weighted by Crippen LogP contribution is -2.66. The highest BCUT2D eigenvalue weighted by Crippen LogP contribution is 2.33. The molecule has 7 nitrogen and oxygen atoms in total. The van der Waals surface area contributed by atoms with Crippen molar-refractivity contribution in [3.8, 4) is 6.07 Å². The topological polar surface area (TPSA) is 80.5 Å². The third kappa shape index (κ3) is 2.55. The van der Waals surface area contributed by atoms with Crippen molar-refractivity contribution in [3.05, 3.63) is 30.1 Å². The molecule has 2 aliphatic heterocycles. The van der Waals surface area contributed by atoms with Crippen LogP contribution in [0, 0.1) is 11.3 Å². The maximum absolute atomic E-state index is 12.8. The fourth-order valence-electron chi connectivity index (χ4n) is 3.47. The summed E-state index contributed by atoms with van der Waals surface area (Å²) in [5, 5.41) is 9.06. The number of nitriles is 1. The highest BCUT2D eigenvalue weighted by molar-refractivity contribution is 5.96. The van der Waals surface area contributed by atoms with E-state index in [9.17, 15) is 9.59 Å². The van der Waals surface area contributed by atoms with Crippen LogP contribution in [-0.2, 0) is 4.79 Å². The van der Waals surface area contributed by atoms with Gasteiger partial charge in [0, 0.05) is 51.2 Å². The van der Waals surface area contributed by atoms with Crippen molar-refractivity contribution in [2.24, 2.45) is 0 Å². The third-order valence-electron chi connectivity index (χ3n) is 4.78. The van der Waals surface area contributed by atoms with Gasteiger partial charge in [0.2, 0.25) is 5.91 Å². The Morgan fingerprint density at radius 1 is 1.35 bits per heavy atom. The first-order valence-electron chi connectivity index (χ1n) is 7.65. The van der Waals surface area contributed by atoms with Crippen LogP contribution in [0.1, 0.15) is 16.8 Å². The summed E-state index contributed by atoms with van der Waals surface area (Å²) in [5.41, 5.74) is -0.189. The second kappa shape index (κ2) is 5.97. The predicted octanol–water partition coefficient (Wildman–Crippen LogP) is -0.0361. The minimum Gasteiger partial charge on any atom is -0.343 e. The molecule has 23 heavy (non-hydrogen) atoms. The number of hydrogen-bond donors (Lipinski definition) is 0. The highest BCUT2D eigenvalue weighted by Gasteiger charge is 2.53. The van der Waals surface area contributed by atoms with Gasteiger partial charge in [0.05, 0.1) is 12.6 Å². The van der Waals surface area contributed by atoms with E-state index in [1.54, 1.807) is 41.4 Å². The van der Waals surface area contributed by atoms with Crippen LogP contribution in [0.25, 0.3) is 0 Å². The fourth-order valence-corrected chi connectivity index (χ4v) is 3.47. The molecule has 3 heterocycles. The predicted molar refractivity (Wildman–Crippen MR) is 82.3 cm³/mol. The Bertz CT molecular complexity index is 656. The summed E-state index contributed by atoms with van der Waals surface area (Å²) in [5.74, 6) is -0.0914. The fraction of sp³-hybridized carbons (Fsp3) is 0.500. The highest BCUT2D eigenvalue weighted by atomic mass is 16.2.